The number of carbonyl (C=O) groups is 3. The number of urea groups is 1. The summed E-state index contributed by atoms with van der Waals surface area (Å²) in [6.07, 6.45) is 0.844. The number of ketones is 1. The molecule has 0 aliphatic heterocycles. The Kier molecular flexibility index (Phi) is 7.08. The number of hydrogen-bond acceptors (Lipinski definition) is 5. The van der Waals surface area contributed by atoms with Crippen LogP contribution in [0.2, 0.25) is 0 Å². The van der Waals surface area contributed by atoms with Gasteiger partial charge in [0.2, 0.25) is 0 Å². The molecule has 1 aliphatic carbocycles. The molecule has 0 saturated carbocycles. The first-order chi connectivity index (χ1) is 12.4. The standard InChI is InChI=1S/C18H23FN2O5/c1-3-25-8-4-7-20-18(24)21-15(23)10-26-14-6-5-12(19)16-11(2)9-13(22)17(14)16/h5-6,11H,3-4,7-10H2,1-2H3,(H2,20,21,23,24)/t11-/m1/s1. The number of Topliss-reactive ketones (excluding diaryl/α,β-unsaturated/α-hetero) is 1. The molecule has 0 saturated heterocycles. The number of ether oxygens (including phenoxy) is 2. The van der Waals surface area contributed by atoms with Crippen molar-refractivity contribution in [2.24, 2.45) is 0 Å². The van der Waals surface area contributed by atoms with Gasteiger partial charge in [-0.05, 0) is 31.4 Å². The molecule has 8 heteroatoms. The van der Waals surface area contributed by atoms with Crippen molar-refractivity contribution in [3.63, 3.8) is 0 Å². The van der Waals surface area contributed by atoms with E-state index in [-0.39, 0.29) is 29.4 Å². The first-order valence-corrected chi connectivity index (χ1v) is 8.57. The fourth-order valence-electron chi connectivity index (χ4n) is 2.82. The summed E-state index contributed by atoms with van der Waals surface area (Å²) in [6.45, 7) is 4.69. The second-order valence-corrected chi connectivity index (χ2v) is 6.01. The normalized spacial score (nSPS) is 15.5. The van der Waals surface area contributed by atoms with Gasteiger partial charge in [-0.2, -0.15) is 0 Å². The van der Waals surface area contributed by atoms with Crippen LogP contribution in [0.1, 0.15) is 48.5 Å². The lowest BCUT2D eigenvalue weighted by molar-refractivity contribution is -0.122. The van der Waals surface area contributed by atoms with Gasteiger partial charge >= 0.3 is 6.03 Å². The minimum Gasteiger partial charge on any atom is -0.483 e. The Morgan fingerprint density at radius 1 is 1.35 bits per heavy atom. The number of carbonyl (C=O) groups excluding carboxylic acids is 3. The van der Waals surface area contributed by atoms with E-state index in [1.165, 1.54) is 12.1 Å². The predicted molar refractivity (Wildman–Crippen MR) is 91.9 cm³/mol. The van der Waals surface area contributed by atoms with Crippen LogP contribution >= 0.6 is 0 Å². The summed E-state index contributed by atoms with van der Waals surface area (Å²) in [5, 5.41) is 4.65. The number of fused-ring (bicyclic) bond motifs is 1. The number of halogens is 1. The van der Waals surface area contributed by atoms with Crippen LogP contribution in [0.15, 0.2) is 12.1 Å². The van der Waals surface area contributed by atoms with Crippen molar-refractivity contribution >= 4 is 17.7 Å². The van der Waals surface area contributed by atoms with Crippen molar-refractivity contribution in [2.75, 3.05) is 26.4 Å². The molecule has 142 valence electrons. The lowest BCUT2D eigenvalue weighted by Gasteiger charge is -2.12. The third-order valence-electron chi connectivity index (χ3n) is 3.98. The van der Waals surface area contributed by atoms with Crippen molar-refractivity contribution in [2.45, 2.75) is 32.6 Å². The Hall–Kier alpha value is -2.48. The highest BCUT2D eigenvalue weighted by molar-refractivity contribution is 6.04. The van der Waals surface area contributed by atoms with Gasteiger partial charge in [-0.3, -0.25) is 14.9 Å². The second-order valence-electron chi connectivity index (χ2n) is 6.01. The third-order valence-corrected chi connectivity index (χ3v) is 3.98. The maximum atomic E-state index is 13.9. The molecular formula is C18H23FN2O5. The van der Waals surface area contributed by atoms with Crippen LogP contribution in [0.4, 0.5) is 9.18 Å². The molecule has 1 aliphatic rings. The van der Waals surface area contributed by atoms with Crippen LogP contribution in [-0.2, 0) is 9.53 Å². The van der Waals surface area contributed by atoms with Gasteiger partial charge in [0.25, 0.3) is 5.91 Å². The van der Waals surface area contributed by atoms with Crippen LogP contribution in [0, 0.1) is 5.82 Å². The largest absolute Gasteiger partial charge is 0.483 e. The zero-order valence-corrected chi connectivity index (χ0v) is 14.9. The summed E-state index contributed by atoms with van der Waals surface area (Å²) in [5.41, 5.74) is 0.505. The van der Waals surface area contributed by atoms with E-state index in [4.69, 9.17) is 9.47 Å². The van der Waals surface area contributed by atoms with Crippen molar-refractivity contribution in [1.29, 1.82) is 0 Å². The number of benzene rings is 1. The molecule has 3 amide bonds. The molecule has 0 fully saturated rings. The molecule has 26 heavy (non-hydrogen) atoms. The molecule has 7 nitrogen and oxygen atoms in total. The van der Waals surface area contributed by atoms with Gasteiger partial charge in [0, 0.05) is 31.7 Å². The molecule has 2 N–H and O–H groups in total. The maximum absolute atomic E-state index is 13.9. The van der Waals surface area contributed by atoms with Crippen molar-refractivity contribution in [1.82, 2.24) is 10.6 Å². The minimum atomic E-state index is -0.663. The number of imide groups is 1. The van der Waals surface area contributed by atoms with Gasteiger partial charge in [0.05, 0.1) is 5.56 Å². The Morgan fingerprint density at radius 3 is 2.85 bits per heavy atom. The number of rotatable bonds is 8. The van der Waals surface area contributed by atoms with E-state index in [2.05, 4.69) is 10.6 Å². The number of nitrogens with one attached hydrogen (secondary N) is 2. The van der Waals surface area contributed by atoms with E-state index in [9.17, 15) is 18.8 Å². The van der Waals surface area contributed by atoms with E-state index in [1.807, 2.05) is 6.92 Å². The maximum Gasteiger partial charge on any atom is 0.321 e. The topological polar surface area (TPSA) is 93.7 Å². The van der Waals surface area contributed by atoms with Crippen LogP contribution < -0.4 is 15.4 Å². The van der Waals surface area contributed by atoms with E-state index in [1.54, 1.807) is 6.92 Å². The smallest absolute Gasteiger partial charge is 0.321 e. The SMILES string of the molecule is CCOCCCNC(=O)NC(=O)COc1ccc(F)c2c1C(=O)C[C@H]2C. The molecule has 0 heterocycles. The Labute approximate surface area is 151 Å². The lowest BCUT2D eigenvalue weighted by Crippen LogP contribution is -2.42. The first kappa shape index (κ1) is 19.8. The molecular weight excluding hydrogens is 343 g/mol. The van der Waals surface area contributed by atoms with Crippen molar-refractivity contribution < 1.29 is 28.2 Å². The Bertz CT molecular complexity index is 692. The highest BCUT2D eigenvalue weighted by atomic mass is 19.1. The fourth-order valence-corrected chi connectivity index (χ4v) is 2.82. The molecule has 2 rings (SSSR count). The van der Waals surface area contributed by atoms with Gasteiger partial charge in [0.1, 0.15) is 11.6 Å². The van der Waals surface area contributed by atoms with Crippen LogP contribution in [0.5, 0.6) is 5.75 Å². The zero-order chi connectivity index (χ0) is 19.1. The predicted octanol–water partition coefficient (Wildman–Crippen LogP) is 2.15. The van der Waals surface area contributed by atoms with Gasteiger partial charge in [0.15, 0.2) is 12.4 Å². The average molecular weight is 366 g/mol. The van der Waals surface area contributed by atoms with Gasteiger partial charge in [-0.25, -0.2) is 9.18 Å². The number of amides is 3. The van der Waals surface area contributed by atoms with Crippen molar-refractivity contribution in [3.05, 3.63) is 29.1 Å². The Balaban J connectivity index is 1.83. The van der Waals surface area contributed by atoms with E-state index in [0.29, 0.717) is 31.7 Å². The van der Waals surface area contributed by atoms with Crippen molar-refractivity contribution in [3.8, 4) is 5.75 Å². The van der Waals surface area contributed by atoms with Gasteiger partial charge in [-0.1, -0.05) is 6.92 Å². The Morgan fingerprint density at radius 2 is 2.12 bits per heavy atom. The van der Waals surface area contributed by atoms with Crippen LogP contribution in [0.25, 0.3) is 0 Å². The number of hydrogen-bond donors (Lipinski definition) is 2. The lowest BCUT2D eigenvalue weighted by atomic mass is 10.0. The second kappa shape index (κ2) is 9.28. The summed E-state index contributed by atoms with van der Waals surface area (Å²) >= 11 is 0. The quantitative estimate of drug-likeness (QED) is 0.688. The van der Waals surface area contributed by atoms with E-state index in [0.717, 1.165) is 0 Å². The minimum absolute atomic E-state index is 0.156. The van der Waals surface area contributed by atoms with Crippen LogP contribution in [0.3, 0.4) is 0 Å². The summed E-state index contributed by atoms with van der Waals surface area (Å²) in [4.78, 5) is 35.4. The zero-order valence-electron chi connectivity index (χ0n) is 14.9. The molecule has 1 aromatic rings. The molecule has 0 bridgehead atoms. The molecule has 0 aromatic heterocycles. The summed E-state index contributed by atoms with van der Waals surface area (Å²) in [6, 6.07) is 1.90. The molecule has 0 radical (unpaired) electrons. The van der Waals surface area contributed by atoms with Crippen LogP contribution in [-0.4, -0.2) is 44.1 Å². The molecule has 0 spiro atoms. The summed E-state index contributed by atoms with van der Waals surface area (Å²) < 4.78 is 24.4. The molecule has 1 atom stereocenters. The van der Waals surface area contributed by atoms with E-state index >= 15 is 0 Å². The summed E-state index contributed by atoms with van der Waals surface area (Å²) in [7, 11) is 0. The highest BCUT2D eigenvalue weighted by Gasteiger charge is 2.32. The van der Waals surface area contributed by atoms with Gasteiger partial charge in [-0.15, -0.1) is 0 Å². The molecule has 0 unspecified atom stereocenters. The van der Waals surface area contributed by atoms with E-state index < -0.39 is 24.4 Å². The highest BCUT2D eigenvalue weighted by Crippen LogP contribution is 2.39. The first-order valence-electron chi connectivity index (χ1n) is 8.57. The summed E-state index contributed by atoms with van der Waals surface area (Å²) in [5.74, 6) is -1.40. The fraction of sp³-hybridized carbons (Fsp3) is 0.500. The monoisotopic (exact) mass is 366 g/mol. The van der Waals surface area contributed by atoms with Gasteiger partial charge < -0.3 is 14.8 Å². The average Bonchev–Trinajstić information content (AvgIpc) is 2.90. The third kappa shape index (κ3) is 5.01. The molecule has 1 aromatic carbocycles.